The minimum atomic E-state index is -0.762. The van der Waals surface area contributed by atoms with Crippen LogP contribution in [0.1, 0.15) is 51.5 Å². The van der Waals surface area contributed by atoms with Crippen molar-refractivity contribution in [3.05, 3.63) is 29.8 Å². The van der Waals surface area contributed by atoms with Crippen molar-refractivity contribution in [1.29, 1.82) is 0 Å². The largest absolute Gasteiger partial charge is 0.481 e. The Hall–Kier alpha value is -2.04. The second-order valence-electron chi connectivity index (χ2n) is 6.85. The van der Waals surface area contributed by atoms with Crippen LogP contribution in [0.2, 0.25) is 0 Å². The highest BCUT2D eigenvalue weighted by Gasteiger charge is 2.27. The van der Waals surface area contributed by atoms with Gasteiger partial charge in [-0.25, -0.2) is 0 Å². The number of carboxylic acids is 1. The Bertz CT molecular complexity index is 576. The molecule has 1 fully saturated rings. The summed E-state index contributed by atoms with van der Waals surface area (Å²) in [5, 5.41) is 8.85. The van der Waals surface area contributed by atoms with Crippen LogP contribution >= 0.6 is 0 Å². The molecule has 0 bridgehead atoms. The molecule has 1 aliphatic heterocycles. The average molecular weight is 333 g/mol. The number of carbonyl (C=O) groups excluding carboxylic acids is 1. The summed E-state index contributed by atoms with van der Waals surface area (Å²) in [5.74, 6) is 0.501. The molecular formula is C19H27NO4. The number of hydrogen-bond donors (Lipinski definition) is 1. The Labute approximate surface area is 143 Å². The summed E-state index contributed by atoms with van der Waals surface area (Å²) in [4.78, 5) is 25.1. The molecule has 0 aromatic heterocycles. The maximum Gasteiger partial charge on any atom is 0.303 e. The van der Waals surface area contributed by atoms with Crippen molar-refractivity contribution < 1.29 is 19.4 Å². The second kappa shape index (κ2) is 8.18. The fraction of sp³-hybridized carbons (Fsp3) is 0.579. The van der Waals surface area contributed by atoms with Gasteiger partial charge in [-0.15, -0.1) is 0 Å². The molecule has 0 aliphatic carbocycles. The molecule has 0 spiro atoms. The number of nitrogens with zero attached hydrogens (tertiary/aromatic N) is 1. The van der Waals surface area contributed by atoms with E-state index in [-0.39, 0.29) is 18.2 Å². The lowest BCUT2D eigenvalue weighted by molar-refractivity contribution is -0.140. The zero-order valence-corrected chi connectivity index (χ0v) is 14.7. The molecule has 5 nitrogen and oxygen atoms in total. The van der Waals surface area contributed by atoms with Gasteiger partial charge in [0.25, 0.3) is 5.91 Å². The summed E-state index contributed by atoms with van der Waals surface area (Å²) >= 11 is 0. The van der Waals surface area contributed by atoms with Crippen molar-refractivity contribution in [2.24, 2.45) is 5.92 Å². The number of aliphatic carboxylic acids is 1. The number of likely N-dealkylation sites (tertiary alicyclic amines) is 1. The first-order valence-corrected chi connectivity index (χ1v) is 8.64. The first-order valence-electron chi connectivity index (χ1n) is 8.64. The van der Waals surface area contributed by atoms with Crippen LogP contribution in [0.3, 0.4) is 0 Å². The van der Waals surface area contributed by atoms with Crippen LogP contribution in [0, 0.1) is 5.92 Å². The summed E-state index contributed by atoms with van der Waals surface area (Å²) < 4.78 is 5.83. The Balaban J connectivity index is 1.89. The predicted molar refractivity (Wildman–Crippen MR) is 92.2 cm³/mol. The fourth-order valence-corrected chi connectivity index (χ4v) is 3.06. The zero-order chi connectivity index (χ0) is 17.7. The summed E-state index contributed by atoms with van der Waals surface area (Å²) in [7, 11) is 0. The number of piperidine rings is 1. The number of benzene rings is 1. The lowest BCUT2D eigenvalue weighted by Crippen LogP contribution is -2.45. The van der Waals surface area contributed by atoms with E-state index in [1.54, 1.807) is 11.8 Å². The molecule has 1 heterocycles. The van der Waals surface area contributed by atoms with Gasteiger partial charge in [-0.1, -0.05) is 26.0 Å². The molecule has 1 unspecified atom stereocenters. The van der Waals surface area contributed by atoms with Gasteiger partial charge < -0.3 is 14.7 Å². The third kappa shape index (κ3) is 4.98. The summed E-state index contributed by atoms with van der Waals surface area (Å²) in [6.07, 6.45) is 1.14. The van der Waals surface area contributed by atoms with E-state index in [2.05, 4.69) is 19.9 Å². The standard InChI is InChI=1S/C19H27NO4/c1-13(2)16-5-4-6-17(12-16)24-14(3)19(23)20-9-7-15(8-10-20)11-18(21)22/h4-6,12-15H,7-11H2,1-3H3,(H,21,22). The molecule has 5 heteroatoms. The number of ether oxygens (including phenoxy) is 1. The smallest absolute Gasteiger partial charge is 0.303 e. The fourth-order valence-electron chi connectivity index (χ4n) is 3.06. The highest BCUT2D eigenvalue weighted by molar-refractivity contribution is 5.81. The number of amides is 1. The normalized spacial score (nSPS) is 16.9. The van der Waals surface area contributed by atoms with Gasteiger partial charge in [-0.3, -0.25) is 9.59 Å². The predicted octanol–water partition coefficient (Wildman–Crippen LogP) is 3.29. The van der Waals surface area contributed by atoms with Gasteiger partial charge in [0.05, 0.1) is 0 Å². The van der Waals surface area contributed by atoms with Crippen LogP contribution < -0.4 is 4.74 Å². The van der Waals surface area contributed by atoms with Crippen LogP contribution in [-0.2, 0) is 9.59 Å². The molecule has 1 saturated heterocycles. The second-order valence-corrected chi connectivity index (χ2v) is 6.85. The summed E-state index contributed by atoms with van der Waals surface area (Å²) in [5.41, 5.74) is 1.18. The number of carboxylic acid groups (broad SMARTS) is 1. The molecule has 0 saturated carbocycles. The first kappa shape index (κ1) is 18.3. The molecule has 24 heavy (non-hydrogen) atoms. The topological polar surface area (TPSA) is 66.8 Å². The molecule has 2 rings (SSSR count). The Kier molecular flexibility index (Phi) is 6.23. The van der Waals surface area contributed by atoms with Gasteiger partial charge in [0.2, 0.25) is 0 Å². The molecule has 1 aromatic rings. The Morgan fingerprint density at radius 1 is 1.25 bits per heavy atom. The van der Waals surface area contributed by atoms with Crippen molar-refractivity contribution >= 4 is 11.9 Å². The summed E-state index contributed by atoms with van der Waals surface area (Å²) in [6.45, 7) is 7.23. The van der Waals surface area contributed by atoms with E-state index >= 15 is 0 Å². The average Bonchev–Trinajstić information content (AvgIpc) is 2.54. The van der Waals surface area contributed by atoms with E-state index in [9.17, 15) is 9.59 Å². The maximum absolute atomic E-state index is 12.5. The molecular weight excluding hydrogens is 306 g/mol. The molecule has 1 aliphatic rings. The Morgan fingerprint density at radius 3 is 2.50 bits per heavy atom. The van der Waals surface area contributed by atoms with E-state index in [4.69, 9.17) is 9.84 Å². The Morgan fingerprint density at radius 2 is 1.92 bits per heavy atom. The van der Waals surface area contributed by atoms with E-state index in [0.29, 0.717) is 24.8 Å². The third-order valence-electron chi connectivity index (χ3n) is 4.57. The highest BCUT2D eigenvalue weighted by Crippen LogP contribution is 2.23. The van der Waals surface area contributed by atoms with E-state index in [1.165, 1.54) is 5.56 Å². The van der Waals surface area contributed by atoms with Crippen LogP contribution in [0.4, 0.5) is 0 Å². The van der Waals surface area contributed by atoms with Crippen molar-refractivity contribution in [3.63, 3.8) is 0 Å². The van der Waals surface area contributed by atoms with E-state index in [1.807, 2.05) is 18.2 Å². The van der Waals surface area contributed by atoms with Crippen molar-refractivity contribution in [2.75, 3.05) is 13.1 Å². The van der Waals surface area contributed by atoms with Gasteiger partial charge in [0.15, 0.2) is 6.10 Å². The number of carbonyl (C=O) groups is 2. The van der Waals surface area contributed by atoms with Crippen molar-refractivity contribution in [2.45, 2.75) is 52.1 Å². The van der Waals surface area contributed by atoms with Crippen molar-refractivity contribution in [1.82, 2.24) is 4.90 Å². The van der Waals surface area contributed by atoms with Crippen molar-refractivity contribution in [3.8, 4) is 5.75 Å². The van der Waals surface area contributed by atoms with Gasteiger partial charge in [-0.05, 0) is 49.3 Å². The van der Waals surface area contributed by atoms with E-state index in [0.717, 1.165) is 12.8 Å². The van der Waals surface area contributed by atoms with Gasteiger partial charge >= 0.3 is 5.97 Å². The summed E-state index contributed by atoms with van der Waals surface area (Å²) in [6, 6.07) is 7.85. The van der Waals surface area contributed by atoms with Gasteiger partial charge in [-0.2, -0.15) is 0 Å². The number of rotatable bonds is 6. The monoisotopic (exact) mass is 333 g/mol. The van der Waals surface area contributed by atoms with Crippen LogP contribution in [0.15, 0.2) is 24.3 Å². The molecule has 132 valence electrons. The third-order valence-corrected chi connectivity index (χ3v) is 4.57. The molecule has 1 amide bonds. The SMILES string of the molecule is CC(Oc1cccc(C(C)C)c1)C(=O)N1CCC(CC(=O)O)CC1. The van der Waals surface area contributed by atoms with Crippen LogP contribution in [0.25, 0.3) is 0 Å². The van der Waals surface area contributed by atoms with Gasteiger partial charge in [0.1, 0.15) is 5.75 Å². The van der Waals surface area contributed by atoms with Crippen LogP contribution in [-0.4, -0.2) is 41.1 Å². The van der Waals surface area contributed by atoms with E-state index < -0.39 is 12.1 Å². The molecule has 1 aromatic carbocycles. The first-order chi connectivity index (χ1) is 11.4. The lowest BCUT2D eigenvalue weighted by atomic mass is 9.93. The molecule has 1 N–H and O–H groups in total. The molecule has 1 atom stereocenters. The van der Waals surface area contributed by atoms with Gasteiger partial charge in [0, 0.05) is 19.5 Å². The zero-order valence-electron chi connectivity index (χ0n) is 14.7. The lowest BCUT2D eigenvalue weighted by Gasteiger charge is -2.33. The minimum Gasteiger partial charge on any atom is -0.481 e. The number of hydrogen-bond acceptors (Lipinski definition) is 3. The van der Waals surface area contributed by atoms with Crippen LogP contribution in [0.5, 0.6) is 5.75 Å². The molecule has 0 radical (unpaired) electrons. The maximum atomic E-state index is 12.5. The highest BCUT2D eigenvalue weighted by atomic mass is 16.5. The quantitative estimate of drug-likeness (QED) is 0.867. The minimum absolute atomic E-state index is 0.0290.